The predicted octanol–water partition coefficient (Wildman–Crippen LogP) is 4.31. The summed E-state index contributed by atoms with van der Waals surface area (Å²) in [6.07, 6.45) is -0.355. The number of benzene rings is 2. The van der Waals surface area contributed by atoms with Gasteiger partial charge < -0.3 is 9.47 Å². The van der Waals surface area contributed by atoms with Gasteiger partial charge in [0, 0.05) is 5.56 Å². The van der Waals surface area contributed by atoms with Gasteiger partial charge in [-0.1, -0.05) is 56.3 Å². The van der Waals surface area contributed by atoms with Gasteiger partial charge in [-0.15, -0.1) is 0 Å². The fourth-order valence-electron chi connectivity index (χ4n) is 2.91. The molecule has 0 aromatic heterocycles. The van der Waals surface area contributed by atoms with Gasteiger partial charge in [0.05, 0.1) is 5.56 Å². The Balaban J connectivity index is 2.20. The van der Waals surface area contributed by atoms with Crippen molar-refractivity contribution in [2.75, 3.05) is 13.1 Å². The maximum absolute atomic E-state index is 12.9. The van der Waals surface area contributed by atoms with Crippen molar-refractivity contribution in [2.45, 2.75) is 46.4 Å². The van der Waals surface area contributed by atoms with E-state index in [1.165, 1.54) is 0 Å². The van der Waals surface area contributed by atoms with E-state index in [0.717, 1.165) is 13.1 Å². The molecule has 1 unspecified atom stereocenters. The van der Waals surface area contributed by atoms with Crippen molar-refractivity contribution in [3.05, 3.63) is 65.7 Å². The molecule has 0 heterocycles. The zero-order valence-electron chi connectivity index (χ0n) is 17.3. The highest BCUT2D eigenvalue weighted by Crippen LogP contribution is 2.26. The Labute approximate surface area is 167 Å². The van der Waals surface area contributed by atoms with Gasteiger partial charge in [0.1, 0.15) is 5.75 Å². The molecule has 0 fully saturated rings. The second-order valence-corrected chi connectivity index (χ2v) is 7.03. The molecule has 0 saturated heterocycles. The van der Waals surface area contributed by atoms with E-state index in [1.807, 2.05) is 43.9 Å². The molecule has 0 aliphatic heterocycles. The molecule has 0 aliphatic carbocycles. The van der Waals surface area contributed by atoms with E-state index in [0.29, 0.717) is 16.9 Å². The van der Waals surface area contributed by atoms with Crippen LogP contribution in [0.5, 0.6) is 5.75 Å². The van der Waals surface area contributed by atoms with Gasteiger partial charge in [0.15, 0.2) is 17.6 Å². The number of carbonyl (C=O) groups excluding carboxylic acids is 2. The highest BCUT2D eigenvalue weighted by Gasteiger charge is 2.35. The Kier molecular flexibility index (Phi) is 7.35. The van der Waals surface area contributed by atoms with Crippen LogP contribution in [0.1, 0.15) is 50.5 Å². The molecule has 0 N–H and O–H groups in total. The Morgan fingerprint density at radius 1 is 0.964 bits per heavy atom. The van der Waals surface area contributed by atoms with E-state index in [1.54, 1.807) is 50.2 Å². The standard InChI is InChI=1S/C23H29NO4/c1-6-24(7-2)17(3)27-22(26)23(4,5)28-20-16-12-11-15-19(20)21(25)18-13-9-8-10-14-18/h8-17H,6-7H2,1-5H3. The number of hydrogen-bond acceptors (Lipinski definition) is 5. The van der Waals surface area contributed by atoms with Crippen molar-refractivity contribution in [2.24, 2.45) is 0 Å². The highest BCUT2D eigenvalue weighted by molar-refractivity contribution is 6.10. The predicted molar refractivity (Wildman–Crippen MR) is 109 cm³/mol. The minimum atomic E-state index is -1.24. The van der Waals surface area contributed by atoms with Gasteiger partial charge >= 0.3 is 5.97 Å². The fourth-order valence-corrected chi connectivity index (χ4v) is 2.91. The summed E-state index contributed by atoms with van der Waals surface area (Å²) in [6, 6.07) is 15.9. The molecule has 0 spiro atoms. The third-order valence-corrected chi connectivity index (χ3v) is 4.63. The van der Waals surface area contributed by atoms with E-state index < -0.39 is 11.6 Å². The molecule has 0 radical (unpaired) electrons. The average molecular weight is 383 g/mol. The second kappa shape index (κ2) is 9.51. The number of esters is 1. The minimum Gasteiger partial charge on any atom is -0.475 e. The van der Waals surface area contributed by atoms with Gasteiger partial charge in [-0.3, -0.25) is 9.69 Å². The van der Waals surface area contributed by atoms with Crippen molar-refractivity contribution >= 4 is 11.8 Å². The summed E-state index contributed by atoms with van der Waals surface area (Å²) < 4.78 is 11.6. The first-order valence-corrected chi connectivity index (χ1v) is 9.63. The summed E-state index contributed by atoms with van der Waals surface area (Å²) in [4.78, 5) is 27.6. The molecule has 2 aromatic rings. The first-order valence-electron chi connectivity index (χ1n) is 9.63. The summed E-state index contributed by atoms with van der Waals surface area (Å²) in [7, 11) is 0. The molecule has 0 saturated carbocycles. The molecular weight excluding hydrogens is 354 g/mol. The van der Waals surface area contributed by atoms with Crippen molar-refractivity contribution in [1.29, 1.82) is 0 Å². The lowest BCUT2D eigenvalue weighted by molar-refractivity contribution is -0.173. The lowest BCUT2D eigenvalue weighted by atomic mass is 10.0. The summed E-state index contributed by atoms with van der Waals surface area (Å²) in [5.74, 6) is -0.278. The van der Waals surface area contributed by atoms with Crippen LogP contribution in [-0.2, 0) is 9.53 Å². The monoisotopic (exact) mass is 383 g/mol. The van der Waals surface area contributed by atoms with Gasteiger partial charge in [-0.2, -0.15) is 0 Å². The van der Waals surface area contributed by atoms with E-state index in [4.69, 9.17) is 9.47 Å². The van der Waals surface area contributed by atoms with Crippen molar-refractivity contribution < 1.29 is 19.1 Å². The number of nitrogens with zero attached hydrogens (tertiary/aromatic N) is 1. The topological polar surface area (TPSA) is 55.8 Å². The summed E-state index contributed by atoms with van der Waals surface area (Å²) in [5, 5.41) is 0. The first kappa shape index (κ1) is 21.6. The quantitative estimate of drug-likeness (QED) is 0.367. The molecule has 5 heteroatoms. The van der Waals surface area contributed by atoms with Gasteiger partial charge in [-0.25, -0.2) is 4.79 Å². The highest BCUT2D eigenvalue weighted by atomic mass is 16.6. The van der Waals surface area contributed by atoms with Crippen LogP contribution < -0.4 is 4.74 Å². The summed E-state index contributed by atoms with van der Waals surface area (Å²) in [6.45, 7) is 10.7. The van der Waals surface area contributed by atoms with Crippen LogP contribution in [0.4, 0.5) is 0 Å². The van der Waals surface area contributed by atoms with Gasteiger partial charge in [-0.05, 0) is 46.0 Å². The van der Waals surface area contributed by atoms with E-state index in [9.17, 15) is 9.59 Å². The van der Waals surface area contributed by atoms with Crippen LogP contribution in [0.3, 0.4) is 0 Å². The molecule has 0 bridgehead atoms. The smallest absolute Gasteiger partial charge is 0.351 e. The Morgan fingerprint density at radius 2 is 1.54 bits per heavy atom. The number of ether oxygens (including phenoxy) is 2. The third-order valence-electron chi connectivity index (χ3n) is 4.63. The fraction of sp³-hybridized carbons (Fsp3) is 0.391. The number of rotatable bonds is 9. The first-order chi connectivity index (χ1) is 13.3. The summed E-state index contributed by atoms with van der Waals surface area (Å²) in [5.41, 5.74) is -0.269. The molecule has 1 atom stereocenters. The molecule has 150 valence electrons. The van der Waals surface area contributed by atoms with Crippen LogP contribution >= 0.6 is 0 Å². The third kappa shape index (κ3) is 5.20. The summed E-state index contributed by atoms with van der Waals surface area (Å²) >= 11 is 0. The Morgan fingerprint density at radius 3 is 2.14 bits per heavy atom. The van der Waals surface area contributed by atoms with E-state index in [-0.39, 0.29) is 12.0 Å². The van der Waals surface area contributed by atoms with Crippen LogP contribution in [0.25, 0.3) is 0 Å². The van der Waals surface area contributed by atoms with Gasteiger partial charge in [0.25, 0.3) is 0 Å². The molecule has 0 aliphatic rings. The largest absolute Gasteiger partial charge is 0.475 e. The lowest BCUT2D eigenvalue weighted by Gasteiger charge is -2.31. The zero-order valence-corrected chi connectivity index (χ0v) is 17.3. The Bertz CT molecular complexity index is 797. The number of ketones is 1. The van der Waals surface area contributed by atoms with Gasteiger partial charge in [0.2, 0.25) is 0 Å². The molecule has 2 rings (SSSR count). The molecule has 28 heavy (non-hydrogen) atoms. The molecule has 2 aromatic carbocycles. The van der Waals surface area contributed by atoms with Crippen LogP contribution in [-0.4, -0.2) is 41.6 Å². The maximum Gasteiger partial charge on any atom is 0.351 e. The molecular formula is C23H29NO4. The Hall–Kier alpha value is -2.66. The number of hydrogen-bond donors (Lipinski definition) is 0. The van der Waals surface area contributed by atoms with Crippen molar-refractivity contribution in [3.63, 3.8) is 0 Å². The SMILES string of the molecule is CCN(CC)C(C)OC(=O)C(C)(C)Oc1ccccc1C(=O)c1ccccc1. The maximum atomic E-state index is 12.9. The average Bonchev–Trinajstić information content (AvgIpc) is 2.69. The van der Waals surface area contributed by atoms with Crippen LogP contribution in [0.2, 0.25) is 0 Å². The van der Waals surface area contributed by atoms with Crippen molar-refractivity contribution in [1.82, 2.24) is 4.90 Å². The number of carbonyl (C=O) groups is 2. The van der Waals surface area contributed by atoms with E-state index >= 15 is 0 Å². The lowest BCUT2D eigenvalue weighted by Crippen LogP contribution is -2.45. The second-order valence-electron chi connectivity index (χ2n) is 7.03. The number of para-hydroxylation sites is 1. The van der Waals surface area contributed by atoms with Crippen molar-refractivity contribution in [3.8, 4) is 5.75 Å². The zero-order chi connectivity index (χ0) is 20.7. The minimum absolute atomic E-state index is 0.156. The normalized spacial score (nSPS) is 12.5. The van der Waals surface area contributed by atoms with E-state index in [2.05, 4.69) is 0 Å². The van der Waals surface area contributed by atoms with Crippen LogP contribution in [0, 0.1) is 0 Å². The molecule has 0 amide bonds. The van der Waals surface area contributed by atoms with Crippen LogP contribution in [0.15, 0.2) is 54.6 Å². The molecule has 5 nitrogen and oxygen atoms in total.